The lowest BCUT2D eigenvalue weighted by Crippen LogP contribution is -2.28. The highest BCUT2D eigenvalue weighted by atomic mass is 35.5. The van der Waals surface area contributed by atoms with E-state index in [0.29, 0.717) is 0 Å². The van der Waals surface area contributed by atoms with Crippen LogP contribution >= 0.6 is 11.6 Å². The van der Waals surface area contributed by atoms with Gasteiger partial charge in [-0.25, -0.2) is 9.97 Å². The summed E-state index contributed by atoms with van der Waals surface area (Å²) in [4.78, 5) is 32.1. The molecule has 0 saturated heterocycles. The molecule has 0 saturated carbocycles. The van der Waals surface area contributed by atoms with Gasteiger partial charge in [0.2, 0.25) is 5.76 Å². The summed E-state index contributed by atoms with van der Waals surface area (Å²) in [6, 6.07) is 3.92. The normalized spacial score (nSPS) is 12.3. The Balaban J connectivity index is 1.70. The third-order valence-electron chi connectivity index (χ3n) is 4.38. The zero-order valence-corrected chi connectivity index (χ0v) is 17.4. The van der Waals surface area contributed by atoms with Gasteiger partial charge in [0.15, 0.2) is 5.69 Å². The van der Waals surface area contributed by atoms with E-state index >= 15 is 0 Å². The molecule has 4 N–H and O–H groups in total. The van der Waals surface area contributed by atoms with Crippen molar-refractivity contribution in [3.8, 4) is 0 Å². The third-order valence-corrected chi connectivity index (χ3v) is 4.75. The molecule has 3 rings (SSSR count). The van der Waals surface area contributed by atoms with E-state index in [4.69, 9.17) is 21.9 Å². The maximum atomic E-state index is 13.1. The molecule has 1 aromatic carbocycles. The van der Waals surface area contributed by atoms with E-state index in [1.54, 1.807) is 6.92 Å². The van der Waals surface area contributed by atoms with E-state index in [1.807, 2.05) is 0 Å². The molecular formula is C19H16ClF3N6O3. The Morgan fingerprint density at radius 2 is 1.91 bits per heavy atom. The predicted octanol–water partition coefficient (Wildman–Crippen LogP) is 3.77. The number of nitrogen functional groups attached to an aromatic ring is 1. The van der Waals surface area contributed by atoms with Gasteiger partial charge in [0, 0.05) is 11.8 Å². The Morgan fingerprint density at radius 3 is 2.59 bits per heavy atom. The number of carbonyl (C=O) groups excluding carboxylic acids is 2. The van der Waals surface area contributed by atoms with Crippen molar-refractivity contribution in [3.63, 3.8) is 0 Å². The first kappa shape index (κ1) is 23.0. The summed E-state index contributed by atoms with van der Waals surface area (Å²) in [5.74, 6) is -1.81. The number of benzene rings is 1. The average molecular weight is 469 g/mol. The molecule has 2 amide bonds. The molecule has 0 aliphatic rings. The van der Waals surface area contributed by atoms with Gasteiger partial charge in [-0.3, -0.25) is 9.59 Å². The van der Waals surface area contributed by atoms with E-state index in [2.05, 4.69) is 25.8 Å². The molecule has 0 fully saturated rings. The summed E-state index contributed by atoms with van der Waals surface area (Å²) in [5.41, 5.74) is 4.67. The quantitative estimate of drug-likeness (QED) is 0.518. The molecule has 32 heavy (non-hydrogen) atoms. The summed E-state index contributed by atoms with van der Waals surface area (Å²) >= 11 is 5.92. The van der Waals surface area contributed by atoms with Crippen molar-refractivity contribution in [2.45, 2.75) is 26.1 Å². The standard InChI is InChI=1S/C19H16ClF3N6O3/c1-8-3-4-10(5-11(8)19(21,22)23)28-17(30)13-6-12(29-32-13)9(2)27-18(31)15-14(20)16(24)26-7-25-15/h3-7,9H,1-2H3,(H,27,31)(H,28,30)(H2,24,25,26)/t9-/m1/s1. The van der Waals surface area contributed by atoms with E-state index < -0.39 is 29.6 Å². The van der Waals surface area contributed by atoms with Crippen LogP contribution in [0.2, 0.25) is 5.02 Å². The van der Waals surface area contributed by atoms with Gasteiger partial charge < -0.3 is 20.9 Å². The van der Waals surface area contributed by atoms with Gasteiger partial charge in [0.25, 0.3) is 11.8 Å². The number of hydrogen-bond acceptors (Lipinski definition) is 7. The lowest BCUT2D eigenvalue weighted by molar-refractivity contribution is -0.138. The minimum absolute atomic E-state index is 0.0209. The maximum Gasteiger partial charge on any atom is 0.416 e. The number of carbonyl (C=O) groups is 2. The number of nitrogens with two attached hydrogens (primary N) is 1. The number of alkyl halides is 3. The fourth-order valence-corrected chi connectivity index (χ4v) is 2.86. The summed E-state index contributed by atoms with van der Waals surface area (Å²) in [5, 5.41) is 8.49. The topological polar surface area (TPSA) is 136 Å². The maximum absolute atomic E-state index is 13.1. The smallest absolute Gasteiger partial charge is 0.382 e. The van der Waals surface area contributed by atoms with E-state index in [0.717, 1.165) is 12.4 Å². The first-order valence-corrected chi connectivity index (χ1v) is 9.37. The van der Waals surface area contributed by atoms with Crippen molar-refractivity contribution in [1.82, 2.24) is 20.4 Å². The van der Waals surface area contributed by atoms with Crippen LogP contribution in [0.4, 0.5) is 24.7 Å². The van der Waals surface area contributed by atoms with Gasteiger partial charge in [-0.15, -0.1) is 0 Å². The van der Waals surface area contributed by atoms with Crippen LogP contribution in [0.5, 0.6) is 0 Å². The number of anilines is 2. The van der Waals surface area contributed by atoms with Crippen molar-refractivity contribution in [3.05, 3.63) is 63.9 Å². The van der Waals surface area contributed by atoms with Crippen LogP contribution in [0.15, 0.2) is 35.1 Å². The molecule has 0 spiro atoms. The number of nitrogens with zero attached hydrogens (tertiary/aromatic N) is 3. The number of aryl methyl sites for hydroxylation is 1. The second-order valence-electron chi connectivity index (χ2n) is 6.71. The van der Waals surface area contributed by atoms with Crippen LogP contribution in [0.1, 0.15) is 50.8 Å². The SMILES string of the molecule is Cc1ccc(NC(=O)c2cc([C@@H](C)NC(=O)c3ncnc(N)c3Cl)no2)cc1C(F)(F)F. The molecule has 0 radical (unpaired) electrons. The molecule has 0 unspecified atom stereocenters. The lowest BCUT2D eigenvalue weighted by Gasteiger charge is -2.12. The number of aromatic nitrogens is 3. The summed E-state index contributed by atoms with van der Waals surface area (Å²) < 4.78 is 44.1. The monoisotopic (exact) mass is 468 g/mol. The summed E-state index contributed by atoms with van der Waals surface area (Å²) in [6.45, 7) is 2.88. The van der Waals surface area contributed by atoms with Crippen LogP contribution in [-0.4, -0.2) is 26.9 Å². The second kappa shape index (κ2) is 8.83. The number of hydrogen-bond donors (Lipinski definition) is 3. The molecule has 168 valence electrons. The van der Waals surface area contributed by atoms with E-state index in [-0.39, 0.29) is 39.2 Å². The van der Waals surface area contributed by atoms with Gasteiger partial charge in [-0.05, 0) is 31.5 Å². The van der Waals surface area contributed by atoms with Crippen LogP contribution in [-0.2, 0) is 6.18 Å². The van der Waals surface area contributed by atoms with Crippen molar-refractivity contribution >= 4 is 34.9 Å². The zero-order chi connectivity index (χ0) is 23.6. The van der Waals surface area contributed by atoms with Gasteiger partial charge in [-0.2, -0.15) is 13.2 Å². The third kappa shape index (κ3) is 4.97. The fraction of sp³-hybridized carbons (Fsp3) is 0.211. The summed E-state index contributed by atoms with van der Waals surface area (Å²) in [7, 11) is 0. The first-order valence-electron chi connectivity index (χ1n) is 9.00. The second-order valence-corrected chi connectivity index (χ2v) is 7.09. The van der Waals surface area contributed by atoms with Crippen molar-refractivity contribution in [2.75, 3.05) is 11.1 Å². The van der Waals surface area contributed by atoms with Crippen molar-refractivity contribution < 1.29 is 27.3 Å². The molecule has 0 aliphatic carbocycles. The highest BCUT2D eigenvalue weighted by molar-refractivity contribution is 6.35. The Hall–Kier alpha value is -3.67. The number of nitrogens with one attached hydrogen (secondary N) is 2. The molecule has 9 nitrogen and oxygen atoms in total. The van der Waals surface area contributed by atoms with Gasteiger partial charge in [0.1, 0.15) is 22.9 Å². The number of amides is 2. The molecule has 2 heterocycles. The zero-order valence-electron chi connectivity index (χ0n) is 16.6. The fourth-order valence-electron chi connectivity index (χ4n) is 2.68. The van der Waals surface area contributed by atoms with Gasteiger partial charge >= 0.3 is 6.18 Å². The Morgan fingerprint density at radius 1 is 1.19 bits per heavy atom. The Labute approximate surface area is 184 Å². The lowest BCUT2D eigenvalue weighted by atomic mass is 10.1. The number of halogens is 4. The van der Waals surface area contributed by atoms with Gasteiger partial charge in [-0.1, -0.05) is 22.8 Å². The Bertz CT molecular complexity index is 1180. The molecule has 0 bridgehead atoms. The predicted molar refractivity (Wildman–Crippen MR) is 108 cm³/mol. The molecule has 2 aromatic heterocycles. The minimum Gasteiger partial charge on any atom is -0.382 e. The van der Waals surface area contributed by atoms with Crippen LogP contribution in [0.25, 0.3) is 0 Å². The highest BCUT2D eigenvalue weighted by Crippen LogP contribution is 2.33. The van der Waals surface area contributed by atoms with Crippen LogP contribution in [0.3, 0.4) is 0 Å². The highest BCUT2D eigenvalue weighted by Gasteiger charge is 2.32. The molecular weight excluding hydrogens is 453 g/mol. The Kier molecular flexibility index (Phi) is 6.35. The molecule has 13 heteroatoms. The summed E-state index contributed by atoms with van der Waals surface area (Å²) in [6.07, 6.45) is -3.48. The average Bonchev–Trinajstić information content (AvgIpc) is 3.21. The van der Waals surface area contributed by atoms with Gasteiger partial charge in [0.05, 0.1) is 11.6 Å². The van der Waals surface area contributed by atoms with Crippen molar-refractivity contribution in [1.29, 1.82) is 0 Å². The first-order chi connectivity index (χ1) is 15.0. The molecule has 1 atom stereocenters. The van der Waals surface area contributed by atoms with E-state index in [1.165, 1.54) is 25.1 Å². The van der Waals surface area contributed by atoms with Crippen LogP contribution in [0, 0.1) is 6.92 Å². The molecule has 0 aliphatic heterocycles. The minimum atomic E-state index is -4.56. The number of rotatable bonds is 5. The van der Waals surface area contributed by atoms with Crippen molar-refractivity contribution in [2.24, 2.45) is 0 Å². The van der Waals surface area contributed by atoms with E-state index in [9.17, 15) is 22.8 Å². The molecule has 3 aromatic rings. The van der Waals surface area contributed by atoms with Crippen LogP contribution < -0.4 is 16.4 Å². The largest absolute Gasteiger partial charge is 0.416 e.